The van der Waals surface area contributed by atoms with Gasteiger partial charge in [-0.25, -0.2) is 4.98 Å². The van der Waals surface area contributed by atoms with Gasteiger partial charge >= 0.3 is 0 Å². The Hall–Kier alpha value is -2.49. The fourth-order valence-corrected chi connectivity index (χ4v) is 1.90. The highest BCUT2D eigenvalue weighted by Gasteiger charge is 2.03. The first-order valence-electron chi connectivity index (χ1n) is 5.68. The van der Waals surface area contributed by atoms with Crippen molar-refractivity contribution in [3.05, 3.63) is 71.0 Å². The zero-order chi connectivity index (χ0) is 12.4. The highest BCUT2D eigenvalue weighted by molar-refractivity contribution is 5.76. The van der Waals surface area contributed by atoms with Crippen LogP contribution in [0.1, 0.15) is 5.56 Å². The summed E-state index contributed by atoms with van der Waals surface area (Å²) < 4.78 is 1.61. The Balaban J connectivity index is 2.08. The Morgan fingerprint density at radius 2 is 1.83 bits per heavy atom. The van der Waals surface area contributed by atoms with Crippen LogP contribution in [0.3, 0.4) is 0 Å². The SMILES string of the molecule is O=c1c2ccccc2ncn1Cc1ccncc1. The molecule has 0 aliphatic rings. The molecule has 2 aromatic heterocycles. The molecule has 3 aromatic rings. The lowest BCUT2D eigenvalue weighted by atomic mass is 10.2. The Kier molecular flexibility index (Phi) is 2.61. The Morgan fingerprint density at radius 1 is 1.06 bits per heavy atom. The molecule has 1 aromatic carbocycles. The van der Waals surface area contributed by atoms with Gasteiger partial charge in [-0.15, -0.1) is 0 Å². The van der Waals surface area contributed by atoms with Crippen molar-refractivity contribution in [2.75, 3.05) is 0 Å². The molecule has 0 fully saturated rings. The van der Waals surface area contributed by atoms with E-state index < -0.39 is 0 Å². The number of nitrogens with zero attached hydrogens (tertiary/aromatic N) is 3. The summed E-state index contributed by atoms with van der Waals surface area (Å²) in [7, 11) is 0. The maximum atomic E-state index is 12.2. The van der Waals surface area contributed by atoms with Gasteiger partial charge in [-0.3, -0.25) is 14.3 Å². The predicted molar refractivity (Wildman–Crippen MR) is 69.3 cm³/mol. The third kappa shape index (κ3) is 1.88. The zero-order valence-electron chi connectivity index (χ0n) is 9.65. The Morgan fingerprint density at radius 3 is 2.67 bits per heavy atom. The van der Waals surface area contributed by atoms with Crippen molar-refractivity contribution in [1.82, 2.24) is 14.5 Å². The Bertz CT molecular complexity index is 735. The molecule has 0 aliphatic heterocycles. The van der Waals surface area contributed by atoms with E-state index in [0.717, 1.165) is 11.1 Å². The first-order chi connectivity index (χ1) is 8.84. The molecule has 0 atom stereocenters. The predicted octanol–water partition coefficient (Wildman–Crippen LogP) is 1.84. The van der Waals surface area contributed by atoms with Gasteiger partial charge in [0.2, 0.25) is 0 Å². The summed E-state index contributed by atoms with van der Waals surface area (Å²) >= 11 is 0. The molecule has 0 bridgehead atoms. The van der Waals surface area contributed by atoms with E-state index in [-0.39, 0.29) is 5.56 Å². The monoisotopic (exact) mass is 237 g/mol. The smallest absolute Gasteiger partial charge is 0.261 e. The van der Waals surface area contributed by atoms with E-state index >= 15 is 0 Å². The van der Waals surface area contributed by atoms with E-state index in [1.807, 2.05) is 30.3 Å². The van der Waals surface area contributed by atoms with Crippen LogP contribution < -0.4 is 5.56 Å². The zero-order valence-corrected chi connectivity index (χ0v) is 9.65. The van der Waals surface area contributed by atoms with Gasteiger partial charge in [0.25, 0.3) is 5.56 Å². The van der Waals surface area contributed by atoms with Gasteiger partial charge in [0, 0.05) is 12.4 Å². The highest BCUT2D eigenvalue weighted by atomic mass is 16.1. The summed E-state index contributed by atoms with van der Waals surface area (Å²) in [6, 6.07) is 11.1. The van der Waals surface area contributed by atoms with Gasteiger partial charge in [-0.1, -0.05) is 12.1 Å². The summed E-state index contributed by atoms with van der Waals surface area (Å²) in [5.41, 5.74) is 1.75. The second-order valence-electron chi connectivity index (χ2n) is 4.05. The van der Waals surface area contributed by atoms with E-state index in [9.17, 15) is 4.79 Å². The molecule has 0 amide bonds. The minimum absolute atomic E-state index is 0.0163. The largest absolute Gasteiger partial charge is 0.294 e. The summed E-state index contributed by atoms with van der Waals surface area (Å²) in [6.07, 6.45) is 5.02. The van der Waals surface area contributed by atoms with Crippen LogP contribution in [0.15, 0.2) is 59.9 Å². The van der Waals surface area contributed by atoms with Crippen LogP contribution in [-0.4, -0.2) is 14.5 Å². The molecule has 0 N–H and O–H groups in total. The third-order valence-electron chi connectivity index (χ3n) is 2.83. The van der Waals surface area contributed by atoms with Crippen molar-refractivity contribution >= 4 is 10.9 Å². The first-order valence-corrected chi connectivity index (χ1v) is 5.68. The van der Waals surface area contributed by atoms with Crippen molar-refractivity contribution in [2.24, 2.45) is 0 Å². The van der Waals surface area contributed by atoms with Gasteiger partial charge in [-0.2, -0.15) is 0 Å². The molecule has 88 valence electrons. The molecule has 2 heterocycles. The fourth-order valence-electron chi connectivity index (χ4n) is 1.90. The molecule has 4 nitrogen and oxygen atoms in total. The number of hydrogen-bond donors (Lipinski definition) is 0. The van der Waals surface area contributed by atoms with E-state index in [2.05, 4.69) is 9.97 Å². The van der Waals surface area contributed by atoms with Crippen LogP contribution in [0, 0.1) is 0 Å². The lowest BCUT2D eigenvalue weighted by Gasteiger charge is -2.06. The maximum Gasteiger partial charge on any atom is 0.261 e. The van der Waals surface area contributed by atoms with Crippen molar-refractivity contribution in [1.29, 1.82) is 0 Å². The molecule has 0 aliphatic carbocycles. The van der Waals surface area contributed by atoms with Crippen LogP contribution in [0.25, 0.3) is 10.9 Å². The number of rotatable bonds is 2. The van der Waals surface area contributed by atoms with Gasteiger partial charge < -0.3 is 0 Å². The minimum atomic E-state index is -0.0163. The average molecular weight is 237 g/mol. The maximum absolute atomic E-state index is 12.2. The number of fused-ring (bicyclic) bond motifs is 1. The molecule has 18 heavy (non-hydrogen) atoms. The first kappa shape index (κ1) is 10.7. The third-order valence-corrected chi connectivity index (χ3v) is 2.83. The highest BCUT2D eigenvalue weighted by Crippen LogP contribution is 2.06. The number of hydrogen-bond acceptors (Lipinski definition) is 3. The Labute approximate surface area is 104 Å². The molecule has 3 rings (SSSR count). The van der Waals surface area contributed by atoms with Gasteiger partial charge in [0.15, 0.2) is 0 Å². The van der Waals surface area contributed by atoms with Crippen molar-refractivity contribution < 1.29 is 0 Å². The summed E-state index contributed by atoms with van der Waals surface area (Å²) in [6.45, 7) is 0.513. The second kappa shape index (κ2) is 4.41. The van der Waals surface area contributed by atoms with Gasteiger partial charge in [0.1, 0.15) is 0 Å². The van der Waals surface area contributed by atoms with E-state index in [0.29, 0.717) is 11.9 Å². The molecule has 0 radical (unpaired) electrons. The van der Waals surface area contributed by atoms with Crippen molar-refractivity contribution in [3.8, 4) is 0 Å². The quantitative estimate of drug-likeness (QED) is 0.683. The average Bonchev–Trinajstić information content (AvgIpc) is 2.43. The molecular weight excluding hydrogens is 226 g/mol. The minimum Gasteiger partial charge on any atom is -0.294 e. The topological polar surface area (TPSA) is 47.8 Å². The number of para-hydroxylation sites is 1. The van der Waals surface area contributed by atoms with E-state index in [1.54, 1.807) is 29.4 Å². The summed E-state index contributed by atoms with van der Waals surface area (Å²) in [5.74, 6) is 0. The van der Waals surface area contributed by atoms with Crippen LogP contribution in [0.2, 0.25) is 0 Å². The van der Waals surface area contributed by atoms with Crippen LogP contribution in [0.4, 0.5) is 0 Å². The molecule has 4 heteroatoms. The van der Waals surface area contributed by atoms with E-state index in [4.69, 9.17) is 0 Å². The lowest BCUT2D eigenvalue weighted by molar-refractivity contribution is 0.747. The molecule has 0 spiro atoms. The fraction of sp³-hybridized carbons (Fsp3) is 0.0714. The lowest BCUT2D eigenvalue weighted by Crippen LogP contribution is -2.21. The van der Waals surface area contributed by atoms with Crippen LogP contribution in [0.5, 0.6) is 0 Å². The van der Waals surface area contributed by atoms with Crippen molar-refractivity contribution in [3.63, 3.8) is 0 Å². The van der Waals surface area contributed by atoms with Crippen molar-refractivity contribution in [2.45, 2.75) is 6.54 Å². The number of pyridine rings is 1. The van der Waals surface area contributed by atoms with Gasteiger partial charge in [-0.05, 0) is 29.8 Å². The normalized spacial score (nSPS) is 10.7. The second-order valence-corrected chi connectivity index (χ2v) is 4.05. The molecule has 0 saturated carbocycles. The molecular formula is C14H11N3O. The summed E-state index contributed by atoms with van der Waals surface area (Å²) in [4.78, 5) is 20.5. The van der Waals surface area contributed by atoms with Crippen LogP contribution >= 0.6 is 0 Å². The standard InChI is InChI=1S/C14H11N3O/c18-14-12-3-1-2-4-13(12)16-10-17(14)9-11-5-7-15-8-6-11/h1-8,10H,9H2. The number of aromatic nitrogens is 3. The molecule has 0 saturated heterocycles. The van der Waals surface area contributed by atoms with E-state index in [1.165, 1.54) is 0 Å². The van der Waals surface area contributed by atoms with Gasteiger partial charge in [0.05, 0.1) is 23.8 Å². The molecule has 0 unspecified atom stereocenters. The number of benzene rings is 1. The van der Waals surface area contributed by atoms with Crippen LogP contribution in [-0.2, 0) is 6.54 Å². The summed E-state index contributed by atoms with van der Waals surface area (Å²) in [5, 5.41) is 0.647.